The first kappa shape index (κ1) is 16.2. The Bertz CT molecular complexity index is 598. The minimum atomic E-state index is -0.447. The third-order valence-electron chi connectivity index (χ3n) is 3.39. The van der Waals surface area contributed by atoms with E-state index in [1.807, 2.05) is 42.5 Å². The summed E-state index contributed by atoms with van der Waals surface area (Å²) in [7, 11) is 1.66. The van der Waals surface area contributed by atoms with E-state index in [4.69, 9.17) is 15.2 Å². The maximum atomic E-state index is 11.7. The van der Waals surface area contributed by atoms with Crippen LogP contribution in [0.5, 0.6) is 0 Å². The van der Waals surface area contributed by atoms with Crippen LogP contribution in [0.1, 0.15) is 34.0 Å². The maximum absolute atomic E-state index is 11.7. The van der Waals surface area contributed by atoms with Gasteiger partial charge in [-0.1, -0.05) is 48.5 Å². The summed E-state index contributed by atoms with van der Waals surface area (Å²) >= 11 is 0. The van der Waals surface area contributed by atoms with Crippen LogP contribution in [0.15, 0.2) is 54.6 Å². The Labute approximate surface area is 130 Å². The Balaban J connectivity index is 2.30. The van der Waals surface area contributed by atoms with Gasteiger partial charge in [-0.2, -0.15) is 0 Å². The molecule has 0 aliphatic rings. The molecule has 2 N–H and O–H groups in total. The van der Waals surface area contributed by atoms with Crippen molar-refractivity contribution >= 4 is 5.91 Å². The fraction of sp³-hybridized carbons (Fsp3) is 0.278. The molecular formula is C18H21NO3. The van der Waals surface area contributed by atoms with Crippen molar-refractivity contribution in [2.24, 2.45) is 5.73 Å². The average Bonchev–Trinajstić information content (AvgIpc) is 2.56. The van der Waals surface area contributed by atoms with Gasteiger partial charge >= 0.3 is 0 Å². The van der Waals surface area contributed by atoms with E-state index in [1.165, 1.54) is 0 Å². The smallest absolute Gasteiger partial charge is 0.249 e. The predicted octanol–water partition coefficient (Wildman–Crippen LogP) is 2.93. The summed E-state index contributed by atoms with van der Waals surface area (Å²) in [6, 6.07) is 17.1. The van der Waals surface area contributed by atoms with E-state index < -0.39 is 5.91 Å². The van der Waals surface area contributed by atoms with E-state index in [0.717, 1.165) is 17.5 Å². The quantitative estimate of drug-likeness (QED) is 0.762. The number of primary amides is 1. The van der Waals surface area contributed by atoms with E-state index in [9.17, 15) is 4.79 Å². The van der Waals surface area contributed by atoms with Crippen molar-refractivity contribution in [3.8, 4) is 0 Å². The molecule has 0 fully saturated rings. The predicted molar refractivity (Wildman–Crippen MR) is 85.7 cm³/mol. The summed E-state index contributed by atoms with van der Waals surface area (Å²) in [5.74, 6) is -0.447. The van der Waals surface area contributed by atoms with Crippen molar-refractivity contribution in [2.45, 2.75) is 12.5 Å². The van der Waals surface area contributed by atoms with Crippen LogP contribution in [-0.4, -0.2) is 26.2 Å². The summed E-state index contributed by atoms with van der Waals surface area (Å²) in [6.07, 6.45) is 0.472. The third kappa shape index (κ3) is 4.16. The second kappa shape index (κ2) is 8.32. The summed E-state index contributed by atoms with van der Waals surface area (Å²) in [4.78, 5) is 11.7. The molecule has 0 saturated heterocycles. The van der Waals surface area contributed by atoms with Crippen molar-refractivity contribution in [3.63, 3.8) is 0 Å². The monoisotopic (exact) mass is 299 g/mol. The molecule has 0 aliphatic carbocycles. The highest BCUT2D eigenvalue weighted by Crippen LogP contribution is 2.28. The molecule has 2 aromatic carbocycles. The second-order valence-corrected chi connectivity index (χ2v) is 4.96. The number of nitrogens with two attached hydrogens (primary N) is 1. The Hall–Kier alpha value is -2.17. The van der Waals surface area contributed by atoms with Crippen molar-refractivity contribution in [3.05, 3.63) is 71.3 Å². The zero-order valence-corrected chi connectivity index (χ0v) is 12.7. The van der Waals surface area contributed by atoms with Gasteiger partial charge in [-0.05, 0) is 23.6 Å². The summed E-state index contributed by atoms with van der Waals surface area (Å²) < 4.78 is 11.1. The van der Waals surface area contributed by atoms with Gasteiger partial charge in [-0.15, -0.1) is 0 Å². The molecule has 0 unspecified atom stereocenters. The summed E-state index contributed by atoms with van der Waals surface area (Å²) in [6.45, 7) is 1.18. The fourth-order valence-corrected chi connectivity index (χ4v) is 2.35. The lowest BCUT2D eigenvalue weighted by Gasteiger charge is -2.21. The lowest BCUT2D eigenvalue weighted by molar-refractivity contribution is 0.0608. The van der Waals surface area contributed by atoms with Crippen molar-refractivity contribution < 1.29 is 14.3 Å². The van der Waals surface area contributed by atoms with Gasteiger partial charge in [0.1, 0.15) is 6.10 Å². The van der Waals surface area contributed by atoms with Crippen LogP contribution in [0.4, 0.5) is 0 Å². The molecular weight excluding hydrogens is 278 g/mol. The Morgan fingerprint density at radius 3 is 2.41 bits per heavy atom. The standard InChI is InChI=1S/C18H21NO3/c1-21-12-7-13-22-17(14-8-3-2-4-9-14)15-10-5-6-11-16(15)18(19)20/h2-6,8-11,17H,7,12-13H2,1H3,(H2,19,20)/t17-/m0/s1. The lowest BCUT2D eigenvalue weighted by atomic mass is 9.96. The molecule has 0 heterocycles. The number of methoxy groups -OCH3 is 1. The number of carbonyl (C=O) groups is 1. The first-order valence-corrected chi connectivity index (χ1v) is 7.28. The van der Waals surface area contributed by atoms with Crippen LogP contribution < -0.4 is 5.73 Å². The number of hydrogen-bond donors (Lipinski definition) is 1. The average molecular weight is 299 g/mol. The number of rotatable bonds is 8. The third-order valence-corrected chi connectivity index (χ3v) is 3.39. The first-order chi connectivity index (χ1) is 10.7. The van der Waals surface area contributed by atoms with Crippen LogP contribution in [0.3, 0.4) is 0 Å². The van der Waals surface area contributed by atoms with Crippen molar-refractivity contribution in [1.82, 2.24) is 0 Å². The molecule has 0 bridgehead atoms. The van der Waals surface area contributed by atoms with Gasteiger partial charge in [0.25, 0.3) is 0 Å². The normalized spacial score (nSPS) is 12.0. The minimum Gasteiger partial charge on any atom is -0.385 e. The molecule has 4 nitrogen and oxygen atoms in total. The first-order valence-electron chi connectivity index (χ1n) is 7.28. The van der Waals surface area contributed by atoms with Crippen LogP contribution >= 0.6 is 0 Å². The molecule has 2 rings (SSSR count). The molecule has 2 aromatic rings. The van der Waals surface area contributed by atoms with Gasteiger partial charge in [0.05, 0.1) is 6.61 Å². The zero-order chi connectivity index (χ0) is 15.8. The van der Waals surface area contributed by atoms with E-state index in [0.29, 0.717) is 18.8 Å². The largest absolute Gasteiger partial charge is 0.385 e. The Morgan fingerprint density at radius 1 is 1.05 bits per heavy atom. The molecule has 0 aromatic heterocycles. The molecule has 1 amide bonds. The number of benzene rings is 2. The van der Waals surface area contributed by atoms with Crippen molar-refractivity contribution in [2.75, 3.05) is 20.3 Å². The molecule has 0 aliphatic heterocycles. The van der Waals surface area contributed by atoms with E-state index >= 15 is 0 Å². The van der Waals surface area contributed by atoms with Crippen LogP contribution in [0, 0.1) is 0 Å². The van der Waals surface area contributed by atoms with E-state index in [-0.39, 0.29) is 6.10 Å². The van der Waals surface area contributed by atoms with Crippen molar-refractivity contribution in [1.29, 1.82) is 0 Å². The van der Waals surface area contributed by atoms with Gasteiger partial charge in [0.2, 0.25) is 5.91 Å². The number of carbonyl (C=O) groups excluding carboxylic acids is 1. The van der Waals surface area contributed by atoms with E-state index in [1.54, 1.807) is 19.2 Å². The summed E-state index contributed by atoms with van der Waals surface area (Å²) in [5, 5.41) is 0. The Kier molecular flexibility index (Phi) is 6.13. The highest BCUT2D eigenvalue weighted by atomic mass is 16.5. The molecule has 4 heteroatoms. The van der Waals surface area contributed by atoms with Crippen LogP contribution in [0.25, 0.3) is 0 Å². The molecule has 0 spiro atoms. The topological polar surface area (TPSA) is 61.6 Å². The number of hydrogen-bond acceptors (Lipinski definition) is 3. The second-order valence-electron chi connectivity index (χ2n) is 4.96. The number of ether oxygens (including phenoxy) is 2. The highest BCUT2D eigenvalue weighted by Gasteiger charge is 2.19. The zero-order valence-electron chi connectivity index (χ0n) is 12.7. The molecule has 1 atom stereocenters. The summed E-state index contributed by atoms with van der Waals surface area (Å²) in [5.41, 5.74) is 7.77. The molecule has 0 radical (unpaired) electrons. The van der Waals surface area contributed by atoms with Gasteiger partial charge in [0, 0.05) is 19.3 Å². The van der Waals surface area contributed by atoms with Crippen LogP contribution in [0.2, 0.25) is 0 Å². The highest BCUT2D eigenvalue weighted by molar-refractivity contribution is 5.94. The van der Waals surface area contributed by atoms with Gasteiger partial charge < -0.3 is 15.2 Å². The maximum Gasteiger partial charge on any atom is 0.249 e. The van der Waals surface area contributed by atoms with Gasteiger partial charge in [-0.3, -0.25) is 4.79 Å². The molecule has 0 saturated carbocycles. The molecule has 116 valence electrons. The minimum absolute atomic E-state index is 0.318. The Morgan fingerprint density at radius 2 is 1.73 bits per heavy atom. The number of amides is 1. The van der Waals surface area contributed by atoms with E-state index in [2.05, 4.69) is 0 Å². The van der Waals surface area contributed by atoms with Crippen LogP contribution in [-0.2, 0) is 9.47 Å². The SMILES string of the molecule is COCCCO[C@@H](c1ccccc1)c1ccccc1C(N)=O. The lowest BCUT2D eigenvalue weighted by Crippen LogP contribution is -2.18. The van der Waals surface area contributed by atoms with Gasteiger partial charge in [0.15, 0.2) is 0 Å². The van der Waals surface area contributed by atoms with Gasteiger partial charge in [-0.25, -0.2) is 0 Å². The molecule has 22 heavy (non-hydrogen) atoms. The fourth-order valence-electron chi connectivity index (χ4n) is 2.35.